The monoisotopic (exact) mass is 496 g/mol. The van der Waals surface area contributed by atoms with E-state index in [2.05, 4.69) is 73.9 Å². The first-order valence-corrected chi connectivity index (χ1v) is 15.9. The SMILES string of the molecule is COc1ccc([Si](C)(C)[C@H]2[C@H](C)[C@H](CCc3ccc(N4CCNCC4=O)cc3)O[C@@H]2CCO)cc1. The Hall–Kier alpha value is -2.19. The van der Waals surface area contributed by atoms with E-state index >= 15 is 0 Å². The summed E-state index contributed by atoms with van der Waals surface area (Å²) in [5.41, 5.74) is 2.68. The lowest BCUT2D eigenvalue weighted by Gasteiger charge is -2.36. The standard InChI is InChI=1S/C28H40N2O4Si/c1-20-25(14-7-21-5-8-22(9-6-21)30-17-16-29-19-27(30)32)34-26(15-18-31)28(20)35(3,4)24-12-10-23(33-2)11-13-24/h5-6,8-13,20,25-26,28-29,31H,7,14-19H2,1-4H3/t20-,25+,26-,28+/m1/s1. The second kappa shape index (κ2) is 11.2. The zero-order chi connectivity index (χ0) is 25.0. The molecule has 35 heavy (non-hydrogen) atoms. The molecule has 4 rings (SSSR count). The quantitative estimate of drug-likeness (QED) is 0.521. The number of hydrogen-bond donors (Lipinski definition) is 2. The van der Waals surface area contributed by atoms with Crippen molar-refractivity contribution in [1.29, 1.82) is 0 Å². The van der Waals surface area contributed by atoms with Crippen LogP contribution >= 0.6 is 0 Å². The number of piperazine rings is 1. The third kappa shape index (κ3) is 5.64. The number of hydrogen-bond acceptors (Lipinski definition) is 5. The molecule has 7 heteroatoms. The van der Waals surface area contributed by atoms with Gasteiger partial charge in [-0.05, 0) is 60.6 Å². The number of ether oxygens (including phenoxy) is 2. The molecule has 2 aliphatic rings. The first-order chi connectivity index (χ1) is 16.8. The molecule has 0 saturated carbocycles. The predicted octanol–water partition coefficient (Wildman–Crippen LogP) is 3.34. The molecule has 4 atom stereocenters. The summed E-state index contributed by atoms with van der Waals surface area (Å²) in [6.07, 6.45) is 2.85. The van der Waals surface area contributed by atoms with E-state index < -0.39 is 8.07 Å². The number of carbonyl (C=O) groups excluding carboxylic acids is 1. The molecule has 0 aliphatic carbocycles. The van der Waals surface area contributed by atoms with Crippen molar-refractivity contribution in [2.75, 3.05) is 38.3 Å². The number of nitrogens with zero attached hydrogens (tertiary/aromatic N) is 1. The Morgan fingerprint density at radius 2 is 1.80 bits per heavy atom. The summed E-state index contributed by atoms with van der Waals surface area (Å²) in [7, 11) is -0.164. The van der Waals surface area contributed by atoms with E-state index in [-0.39, 0.29) is 24.7 Å². The van der Waals surface area contributed by atoms with Crippen LogP contribution < -0.4 is 20.1 Å². The van der Waals surface area contributed by atoms with Crippen molar-refractivity contribution in [3.05, 3.63) is 54.1 Å². The van der Waals surface area contributed by atoms with Gasteiger partial charge < -0.3 is 24.8 Å². The maximum atomic E-state index is 12.2. The van der Waals surface area contributed by atoms with Crippen molar-refractivity contribution in [3.8, 4) is 5.75 Å². The fraction of sp³-hybridized carbons (Fsp3) is 0.536. The van der Waals surface area contributed by atoms with Gasteiger partial charge in [0.05, 0.1) is 33.9 Å². The van der Waals surface area contributed by atoms with Gasteiger partial charge in [0.2, 0.25) is 5.91 Å². The molecule has 2 N–H and O–H groups in total. The van der Waals surface area contributed by atoms with E-state index in [9.17, 15) is 9.90 Å². The van der Waals surface area contributed by atoms with Gasteiger partial charge in [-0.2, -0.15) is 0 Å². The summed E-state index contributed by atoms with van der Waals surface area (Å²) in [6, 6.07) is 17.0. The molecule has 2 aliphatic heterocycles. The highest BCUT2D eigenvalue weighted by atomic mass is 28.3. The van der Waals surface area contributed by atoms with Gasteiger partial charge in [0, 0.05) is 25.4 Å². The molecular formula is C28H40N2O4Si. The van der Waals surface area contributed by atoms with Crippen LogP contribution in [0, 0.1) is 5.92 Å². The van der Waals surface area contributed by atoms with Crippen molar-refractivity contribution < 1.29 is 19.4 Å². The molecule has 6 nitrogen and oxygen atoms in total. The molecular weight excluding hydrogens is 456 g/mol. The normalized spacial score (nSPS) is 25.2. The number of rotatable bonds is 9. The van der Waals surface area contributed by atoms with Crippen molar-refractivity contribution in [1.82, 2.24) is 5.32 Å². The predicted molar refractivity (Wildman–Crippen MR) is 143 cm³/mol. The van der Waals surface area contributed by atoms with Crippen molar-refractivity contribution in [3.63, 3.8) is 0 Å². The van der Waals surface area contributed by atoms with E-state index in [1.807, 2.05) is 4.90 Å². The molecule has 0 spiro atoms. The molecule has 2 aromatic rings. The second-order valence-electron chi connectivity index (χ2n) is 10.5. The summed E-state index contributed by atoms with van der Waals surface area (Å²) in [5.74, 6) is 1.43. The van der Waals surface area contributed by atoms with Gasteiger partial charge in [-0.15, -0.1) is 0 Å². The highest BCUT2D eigenvalue weighted by Gasteiger charge is 2.50. The number of carbonyl (C=O) groups is 1. The average molecular weight is 497 g/mol. The summed E-state index contributed by atoms with van der Waals surface area (Å²) in [5, 5.41) is 14.3. The summed E-state index contributed by atoms with van der Waals surface area (Å²) >= 11 is 0. The number of methoxy groups -OCH3 is 1. The van der Waals surface area contributed by atoms with Crippen LogP contribution in [0.4, 0.5) is 5.69 Å². The number of aliphatic hydroxyl groups is 1. The molecule has 190 valence electrons. The Kier molecular flexibility index (Phi) is 8.32. The van der Waals surface area contributed by atoms with Gasteiger partial charge in [-0.1, -0.05) is 49.5 Å². The fourth-order valence-corrected chi connectivity index (χ4v) is 10.2. The van der Waals surface area contributed by atoms with Gasteiger partial charge in [0.25, 0.3) is 0 Å². The molecule has 0 radical (unpaired) electrons. The fourth-order valence-electron chi connectivity index (χ4n) is 6.07. The molecule has 2 heterocycles. The number of amides is 1. The van der Waals surface area contributed by atoms with Crippen LogP contribution in [0.5, 0.6) is 5.75 Å². The van der Waals surface area contributed by atoms with Crippen LogP contribution in [0.3, 0.4) is 0 Å². The highest BCUT2D eigenvalue weighted by Crippen LogP contribution is 2.46. The Labute approximate surface area is 210 Å². The largest absolute Gasteiger partial charge is 0.497 e. The van der Waals surface area contributed by atoms with Gasteiger partial charge in [-0.25, -0.2) is 0 Å². The maximum Gasteiger partial charge on any atom is 0.240 e. The van der Waals surface area contributed by atoms with E-state index in [4.69, 9.17) is 9.47 Å². The van der Waals surface area contributed by atoms with Gasteiger partial charge in [0.15, 0.2) is 0 Å². The Balaban J connectivity index is 1.43. The molecule has 0 unspecified atom stereocenters. The van der Waals surface area contributed by atoms with Gasteiger partial charge >= 0.3 is 0 Å². The van der Waals surface area contributed by atoms with Crippen LogP contribution in [-0.4, -0.2) is 64.6 Å². The Morgan fingerprint density at radius 1 is 1.09 bits per heavy atom. The van der Waals surface area contributed by atoms with Crippen molar-refractivity contribution in [2.24, 2.45) is 5.92 Å². The minimum atomic E-state index is -1.86. The van der Waals surface area contributed by atoms with E-state index in [1.54, 1.807) is 7.11 Å². The lowest BCUT2D eigenvalue weighted by atomic mass is 9.95. The van der Waals surface area contributed by atoms with Gasteiger partial charge in [-0.3, -0.25) is 4.79 Å². The molecule has 2 saturated heterocycles. The number of anilines is 1. The van der Waals surface area contributed by atoms with Crippen molar-refractivity contribution in [2.45, 2.75) is 57.0 Å². The van der Waals surface area contributed by atoms with E-state index in [1.165, 1.54) is 10.8 Å². The molecule has 2 aromatic carbocycles. The second-order valence-corrected chi connectivity index (χ2v) is 15.2. The Morgan fingerprint density at radius 3 is 2.43 bits per heavy atom. The molecule has 1 amide bonds. The van der Waals surface area contributed by atoms with Crippen LogP contribution in [0.1, 0.15) is 25.3 Å². The number of aryl methyl sites for hydroxylation is 1. The minimum Gasteiger partial charge on any atom is -0.497 e. The summed E-state index contributed by atoms with van der Waals surface area (Å²) in [6.45, 7) is 9.31. The van der Waals surface area contributed by atoms with Crippen LogP contribution in [0.25, 0.3) is 0 Å². The molecule has 0 aromatic heterocycles. The van der Waals surface area contributed by atoms with Crippen molar-refractivity contribution >= 4 is 24.9 Å². The lowest BCUT2D eigenvalue weighted by molar-refractivity contribution is -0.118. The topological polar surface area (TPSA) is 71.0 Å². The van der Waals surface area contributed by atoms with E-state index in [0.717, 1.165) is 30.8 Å². The third-order valence-electron chi connectivity index (χ3n) is 8.04. The minimum absolute atomic E-state index is 0.0878. The smallest absolute Gasteiger partial charge is 0.240 e. The lowest BCUT2D eigenvalue weighted by Crippen LogP contribution is -2.50. The number of aliphatic hydroxyl groups excluding tert-OH is 1. The number of nitrogens with one attached hydrogen (secondary N) is 1. The molecule has 2 fully saturated rings. The van der Waals surface area contributed by atoms with Crippen LogP contribution in [0.15, 0.2) is 48.5 Å². The van der Waals surface area contributed by atoms with Crippen LogP contribution in [-0.2, 0) is 16.0 Å². The first kappa shape index (κ1) is 25.9. The average Bonchev–Trinajstić information content (AvgIpc) is 3.19. The summed E-state index contributed by atoms with van der Waals surface area (Å²) in [4.78, 5) is 14.0. The highest BCUT2D eigenvalue weighted by molar-refractivity contribution is 6.91. The number of benzene rings is 2. The zero-order valence-electron chi connectivity index (χ0n) is 21.5. The van der Waals surface area contributed by atoms with E-state index in [0.29, 0.717) is 31.0 Å². The first-order valence-electron chi connectivity index (χ1n) is 12.9. The molecule has 0 bridgehead atoms. The Bertz CT molecular complexity index is 979. The third-order valence-corrected chi connectivity index (χ3v) is 12.4. The summed E-state index contributed by atoms with van der Waals surface area (Å²) < 4.78 is 12.0. The van der Waals surface area contributed by atoms with Gasteiger partial charge in [0.1, 0.15) is 5.75 Å². The van der Waals surface area contributed by atoms with Crippen LogP contribution in [0.2, 0.25) is 18.6 Å². The zero-order valence-corrected chi connectivity index (χ0v) is 22.5. The maximum absolute atomic E-state index is 12.2.